The summed E-state index contributed by atoms with van der Waals surface area (Å²) in [6, 6.07) is 10.0. The molecular formula is C30H28F3N5O3. The van der Waals surface area contributed by atoms with E-state index in [9.17, 15) is 27.9 Å². The van der Waals surface area contributed by atoms with Crippen LogP contribution in [-0.2, 0) is 16.0 Å². The zero-order chi connectivity index (χ0) is 28.9. The third-order valence-corrected chi connectivity index (χ3v) is 8.10. The monoisotopic (exact) mass is 563 g/mol. The lowest BCUT2D eigenvalue weighted by Gasteiger charge is -2.23. The topological polar surface area (TPSA) is 101 Å². The van der Waals surface area contributed by atoms with Crippen molar-refractivity contribution in [3.8, 4) is 0 Å². The van der Waals surface area contributed by atoms with Crippen molar-refractivity contribution < 1.29 is 27.9 Å². The molecule has 41 heavy (non-hydrogen) atoms. The second-order valence-corrected chi connectivity index (χ2v) is 10.9. The molecule has 2 fully saturated rings. The molecule has 3 heterocycles. The fourth-order valence-corrected chi connectivity index (χ4v) is 5.71. The zero-order valence-electron chi connectivity index (χ0n) is 22.1. The summed E-state index contributed by atoms with van der Waals surface area (Å²) in [5.41, 5.74) is 2.64. The zero-order valence-corrected chi connectivity index (χ0v) is 22.1. The molecule has 1 aromatic carbocycles. The Morgan fingerprint density at radius 3 is 2.68 bits per heavy atom. The highest BCUT2D eigenvalue weighted by atomic mass is 19.4. The summed E-state index contributed by atoms with van der Waals surface area (Å²) in [6.45, 7) is 3.76. The molecular weight excluding hydrogens is 535 g/mol. The minimum atomic E-state index is -4.99. The number of aryl methyl sites for hydroxylation is 1. The molecule has 0 saturated heterocycles. The van der Waals surface area contributed by atoms with Crippen LogP contribution in [0.25, 0.3) is 28.0 Å². The predicted octanol–water partition coefficient (Wildman–Crippen LogP) is 5.05. The van der Waals surface area contributed by atoms with Crippen LogP contribution >= 0.6 is 0 Å². The highest BCUT2D eigenvalue weighted by Gasteiger charge is 2.45. The fraction of sp³-hybridized carbons (Fsp3) is 0.367. The molecule has 6 rings (SSSR count). The van der Waals surface area contributed by atoms with Crippen LogP contribution in [0.2, 0.25) is 0 Å². The summed E-state index contributed by atoms with van der Waals surface area (Å²) in [6.07, 6.45) is 1.75. The summed E-state index contributed by atoms with van der Waals surface area (Å²) in [5.74, 6) is -2.49. The lowest BCUT2D eigenvalue weighted by molar-refractivity contribution is -0.170. The molecule has 2 aliphatic carbocycles. The van der Waals surface area contributed by atoms with E-state index in [0.717, 1.165) is 34.1 Å². The summed E-state index contributed by atoms with van der Waals surface area (Å²) >= 11 is 0. The minimum Gasteiger partial charge on any atom is -0.383 e. The number of benzene rings is 1. The maximum absolute atomic E-state index is 13.3. The van der Waals surface area contributed by atoms with Gasteiger partial charge in [-0.3, -0.25) is 14.5 Å². The molecule has 0 radical (unpaired) electrons. The Kier molecular flexibility index (Phi) is 6.85. The number of fused-ring (bicyclic) bond motifs is 2. The van der Waals surface area contributed by atoms with Gasteiger partial charge in [-0.25, -0.2) is 15.0 Å². The second-order valence-electron chi connectivity index (χ2n) is 10.9. The van der Waals surface area contributed by atoms with E-state index in [-0.39, 0.29) is 30.0 Å². The molecule has 0 unspecified atom stereocenters. The first-order chi connectivity index (χ1) is 19.6. The molecule has 4 aromatic rings. The number of carbonyl (C=O) groups is 2. The SMILES string of the molecule is C=Cc1ncnc2c1ccn2[C@@H]1C[C@H](CCc2ccc3ccc(N(CC4CC4)C(=O)C(F)(F)F)nc3c2)C(=O)[C@H]1O. The number of aliphatic hydroxyl groups excluding tert-OH is 1. The first kappa shape index (κ1) is 27.1. The van der Waals surface area contributed by atoms with Crippen molar-refractivity contribution in [1.29, 1.82) is 0 Å². The van der Waals surface area contributed by atoms with Crippen molar-refractivity contribution in [2.45, 2.75) is 50.4 Å². The fourth-order valence-electron chi connectivity index (χ4n) is 5.71. The van der Waals surface area contributed by atoms with E-state index >= 15 is 0 Å². The van der Waals surface area contributed by atoms with Gasteiger partial charge < -0.3 is 9.67 Å². The molecule has 1 amide bonds. The number of ketones is 1. The number of anilines is 1. The van der Waals surface area contributed by atoms with Crippen molar-refractivity contribution in [3.05, 3.63) is 66.8 Å². The first-order valence-electron chi connectivity index (χ1n) is 13.6. The van der Waals surface area contributed by atoms with E-state index in [2.05, 4.69) is 21.5 Å². The maximum Gasteiger partial charge on any atom is 0.471 e. The molecule has 212 valence electrons. The number of aliphatic hydroxyl groups is 1. The van der Waals surface area contributed by atoms with E-state index in [1.165, 1.54) is 12.4 Å². The Balaban J connectivity index is 1.19. The number of Topliss-reactive ketones (excluding diaryl/α,β-unsaturated/α-hetero) is 1. The van der Waals surface area contributed by atoms with E-state index in [1.54, 1.807) is 24.4 Å². The van der Waals surface area contributed by atoms with Crippen molar-refractivity contribution in [3.63, 3.8) is 0 Å². The van der Waals surface area contributed by atoms with E-state index in [0.29, 0.717) is 36.1 Å². The number of carbonyl (C=O) groups excluding carboxylic acids is 2. The maximum atomic E-state index is 13.3. The molecule has 11 heteroatoms. The normalized spacial score (nSPS) is 21.1. The van der Waals surface area contributed by atoms with Crippen LogP contribution in [0.5, 0.6) is 0 Å². The Bertz CT molecular complexity index is 1660. The molecule has 0 aliphatic heterocycles. The average Bonchev–Trinajstić information content (AvgIpc) is 3.62. The van der Waals surface area contributed by atoms with Crippen LogP contribution in [0.15, 0.2) is 55.5 Å². The number of rotatable bonds is 8. The quantitative estimate of drug-likeness (QED) is 0.322. The minimum absolute atomic E-state index is 0.0125. The third kappa shape index (κ3) is 5.21. The van der Waals surface area contributed by atoms with Gasteiger partial charge in [-0.1, -0.05) is 18.7 Å². The van der Waals surface area contributed by atoms with Gasteiger partial charge in [0, 0.05) is 29.4 Å². The Hall–Kier alpha value is -4.12. The van der Waals surface area contributed by atoms with Gasteiger partial charge in [0.1, 0.15) is 23.9 Å². The lowest BCUT2D eigenvalue weighted by Crippen LogP contribution is -2.42. The van der Waals surface area contributed by atoms with Crippen LogP contribution in [0.3, 0.4) is 0 Å². The molecule has 1 N–H and O–H groups in total. The first-order valence-corrected chi connectivity index (χ1v) is 13.6. The Labute approximate surface area is 233 Å². The third-order valence-electron chi connectivity index (χ3n) is 8.10. The highest BCUT2D eigenvalue weighted by Crippen LogP contribution is 2.37. The largest absolute Gasteiger partial charge is 0.471 e. The van der Waals surface area contributed by atoms with Gasteiger partial charge in [0.2, 0.25) is 0 Å². The number of nitrogens with zero attached hydrogens (tertiary/aromatic N) is 5. The highest BCUT2D eigenvalue weighted by molar-refractivity contribution is 5.97. The van der Waals surface area contributed by atoms with Gasteiger partial charge in [-0.05, 0) is 73.9 Å². The van der Waals surface area contributed by atoms with Crippen molar-refractivity contribution >= 4 is 45.5 Å². The standard InChI is InChI=1S/C30H28F3N5O3/c1-2-22-21-11-12-37(28(21)35-16-34-22)24-14-20(26(39)27(24)40)8-6-17-5-7-19-9-10-25(36-23(19)13-17)38(15-18-3-4-18)29(41)30(31,32)33/h2,5,7,9-13,16,18,20,24,27,40H,1,3-4,6,8,14-15H2/t20-,24+,27-/m0/s1. The van der Waals surface area contributed by atoms with Crippen LogP contribution in [0.1, 0.15) is 43.0 Å². The van der Waals surface area contributed by atoms with E-state index in [1.807, 2.05) is 22.8 Å². The molecule has 8 nitrogen and oxygen atoms in total. The number of hydrogen-bond donors (Lipinski definition) is 1. The van der Waals surface area contributed by atoms with E-state index in [4.69, 9.17) is 0 Å². The van der Waals surface area contributed by atoms with Gasteiger partial charge in [0.25, 0.3) is 0 Å². The molecule has 0 spiro atoms. The molecule has 2 saturated carbocycles. The van der Waals surface area contributed by atoms with Gasteiger partial charge in [0.15, 0.2) is 5.78 Å². The molecule has 0 bridgehead atoms. The second kappa shape index (κ2) is 10.4. The number of alkyl halides is 3. The summed E-state index contributed by atoms with van der Waals surface area (Å²) < 4.78 is 41.7. The van der Waals surface area contributed by atoms with Gasteiger partial charge >= 0.3 is 12.1 Å². The average molecular weight is 564 g/mol. The van der Waals surface area contributed by atoms with Crippen LogP contribution < -0.4 is 4.90 Å². The number of hydrogen-bond acceptors (Lipinski definition) is 6. The summed E-state index contributed by atoms with van der Waals surface area (Å²) in [7, 11) is 0. The van der Waals surface area contributed by atoms with Crippen molar-refractivity contribution in [2.24, 2.45) is 11.8 Å². The summed E-state index contributed by atoms with van der Waals surface area (Å²) in [4.78, 5) is 38.9. The van der Waals surface area contributed by atoms with Crippen LogP contribution in [-0.4, -0.2) is 55.1 Å². The Morgan fingerprint density at radius 1 is 1.17 bits per heavy atom. The van der Waals surface area contributed by atoms with Crippen molar-refractivity contribution in [1.82, 2.24) is 19.5 Å². The van der Waals surface area contributed by atoms with Gasteiger partial charge in [-0.15, -0.1) is 0 Å². The number of pyridine rings is 1. The number of aromatic nitrogens is 4. The smallest absolute Gasteiger partial charge is 0.383 e. The Morgan fingerprint density at radius 2 is 1.95 bits per heavy atom. The predicted molar refractivity (Wildman–Crippen MR) is 147 cm³/mol. The van der Waals surface area contributed by atoms with Crippen LogP contribution in [0.4, 0.5) is 19.0 Å². The number of halogens is 3. The van der Waals surface area contributed by atoms with E-state index < -0.39 is 24.2 Å². The number of amides is 1. The summed E-state index contributed by atoms with van der Waals surface area (Å²) in [5, 5.41) is 12.3. The molecule has 2 aliphatic rings. The lowest BCUT2D eigenvalue weighted by atomic mass is 9.96. The van der Waals surface area contributed by atoms with Crippen LogP contribution in [0, 0.1) is 11.8 Å². The van der Waals surface area contributed by atoms with Crippen molar-refractivity contribution in [2.75, 3.05) is 11.4 Å². The molecule has 3 atom stereocenters. The van der Waals surface area contributed by atoms with Gasteiger partial charge in [0.05, 0.1) is 17.3 Å². The van der Waals surface area contributed by atoms with Gasteiger partial charge in [-0.2, -0.15) is 13.2 Å². The molecule has 3 aromatic heterocycles.